The van der Waals surface area contributed by atoms with Crippen molar-refractivity contribution < 1.29 is 4.74 Å². The quantitative estimate of drug-likeness (QED) is 0.529. The molecular weight excluding hydrogens is 364 g/mol. The minimum atomic E-state index is 0.620. The predicted octanol–water partition coefficient (Wildman–Crippen LogP) is 4.47. The fraction of sp³-hybridized carbons (Fsp3) is 0.158. The van der Waals surface area contributed by atoms with Gasteiger partial charge in [-0.15, -0.1) is 0 Å². The summed E-state index contributed by atoms with van der Waals surface area (Å²) in [6.45, 7) is 0.620. The Labute approximate surface area is 160 Å². The second-order valence-corrected chi connectivity index (χ2v) is 7.64. The number of thiazole rings is 1. The van der Waals surface area contributed by atoms with Crippen molar-refractivity contribution in [2.75, 3.05) is 12.8 Å². The molecule has 2 heterocycles. The van der Waals surface area contributed by atoms with Crippen LogP contribution in [0.1, 0.15) is 5.56 Å². The molecule has 0 fully saturated rings. The third kappa shape index (κ3) is 2.79. The number of benzene rings is 2. The van der Waals surface area contributed by atoms with Gasteiger partial charge in [0, 0.05) is 7.05 Å². The lowest BCUT2D eigenvalue weighted by Gasteiger charge is -2.08. The van der Waals surface area contributed by atoms with Crippen LogP contribution in [0.4, 0.5) is 5.82 Å². The van der Waals surface area contributed by atoms with Crippen molar-refractivity contribution in [2.45, 2.75) is 6.54 Å². The van der Waals surface area contributed by atoms with Crippen molar-refractivity contribution in [1.29, 1.82) is 0 Å². The van der Waals surface area contributed by atoms with Crippen LogP contribution in [0.25, 0.3) is 21.7 Å². The molecule has 0 aliphatic carbocycles. The highest BCUT2D eigenvalue weighted by molar-refractivity contribution is 7.73. The van der Waals surface area contributed by atoms with Gasteiger partial charge in [-0.25, -0.2) is 4.98 Å². The molecule has 7 heteroatoms. The molecule has 4 aromatic rings. The van der Waals surface area contributed by atoms with E-state index in [-0.39, 0.29) is 0 Å². The maximum Gasteiger partial charge on any atom is 0.163 e. The average molecular weight is 383 g/mol. The van der Waals surface area contributed by atoms with Crippen molar-refractivity contribution in [3.05, 3.63) is 58.0 Å². The van der Waals surface area contributed by atoms with E-state index in [2.05, 4.69) is 10.6 Å². The minimum Gasteiger partial charge on any atom is -0.497 e. The Bertz CT molecular complexity index is 1140. The molecule has 2 N–H and O–H groups in total. The molecule has 26 heavy (non-hydrogen) atoms. The molecule has 5 nitrogen and oxygen atoms in total. The molecule has 0 saturated heterocycles. The van der Waals surface area contributed by atoms with Gasteiger partial charge in [0.2, 0.25) is 0 Å². The van der Waals surface area contributed by atoms with Crippen molar-refractivity contribution in [3.63, 3.8) is 0 Å². The highest BCUT2D eigenvalue weighted by Crippen LogP contribution is 2.34. The van der Waals surface area contributed by atoms with Crippen molar-refractivity contribution in [3.8, 4) is 16.5 Å². The Kier molecular flexibility index (Phi) is 4.26. The molecule has 0 amide bonds. The van der Waals surface area contributed by atoms with Gasteiger partial charge in [-0.05, 0) is 42.0 Å². The van der Waals surface area contributed by atoms with E-state index in [9.17, 15) is 0 Å². The number of fused-ring (bicyclic) bond motifs is 1. The summed E-state index contributed by atoms with van der Waals surface area (Å²) in [6.07, 6.45) is 0. The first kappa shape index (κ1) is 16.8. The van der Waals surface area contributed by atoms with Crippen LogP contribution in [0, 0.1) is 3.95 Å². The van der Waals surface area contributed by atoms with E-state index >= 15 is 0 Å². The summed E-state index contributed by atoms with van der Waals surface area (Å²) in [5.74, 6) is 2.32. The number of ether oxygens (including phenoxy) is 1. The molecule has 132 valence electrons. The SMILES string of the molecule is COc1ccc(Cn2c(N)c(-c3nc4ccccc4n3C)sc2=S)cc1. The summed E-state index contributed by atoms with van der Waals surface area (Å²) in [5, 5.41) is 0. The summed E-state index contributed by atoms with van der Waals surface area (Å²) in [6, 6.07) is 16.0. The Hall–Kier alpha value is -2.64. The number of rotatable bonds is 4. The number of hydrogen-bond donors (Lipinski definition) is 1. The predicted molar refractivity (Wildman–Crippen MR) is 109 cm³/mol. The Morgan fingerprint density at radius 1 is 1.15 bits per heavy atom. The maximum absolute atomic E-state index is 6.46. The van der Waals surface area contributed by atoms with E-state index in [4.69, 9.17) is 27.7 Å². The fourth-order valence-electron chi connectivity index (χ4n) is 2.99. The molecule has 4 rings (SSSR count). The minimum absolute atomic E-state index is 0.620. The van der Waals surface area contributed by atoms with Crippen LogP contribution < -0.4 is 10.5 Å². The first-order valence-corrected chi connectivity index (χ1v) is 9.35. The second kappa shape index (κ2) is 6.59. The molecule has 0 aliphatic rings. The molecule has 0 radical (unpaired) electrons. The topological polar surface area (TPSA) is 58.0 Å². The van der Waals surface area contributed by atoms with Crippen LogP contribution in [0.15, 0.2) is 48.5 Å². The van der Waals surface area contributed by atoms with Gasteiger partial charge >= 0.3 is 0 Å². The normalized spacial score (nSPS) is 11.2. The summed E-state index contributed by atoms with van der Waals surface area (Å²) >= 11 is 7.07. The van der Waals surface area contributed by atoms with Gasteiger partial charge < -0.3 is 19.6 Å². The molecule has 0 atom stereocenters. The van der Waals surface area contributed by atoms with Gasteiger partial charge in [-0.3, -0.25) is 0 Å². The molecule has 2 aromatic heterocycles. The van der Waals surface area contributed by atoms with Crippen molar-refractivity contribution in [1.82, 2.24) is 14.1 Å². The molecule has 0 unspecified atom stereocenters. The van der Waals surface area contributed by atoms with E-state index < -0.39 is 0 Å². The summed E-state index contributed by atoms with van der Waals surface area (Å²) in [5.41, 5.74) is 9.59. The van der Waals surface area contributed by atoms with Crippen LogP contribution in [-0.4, -0.2) is 21.2 Å². The summed E-state index contributed by atoms with van der Waals surface area (Å²) in [4.78, 5) is 5.65. The standard InChI is InChI=1S/C19H18N4OS2/c1-22-15-6-4-3-5-14(15)21-18(22)16-17(20)23(19(25)26-16)11-12-7-9-13(24-2)10-8-12/h3-10H,11,20H2,1-2H3. The van der Waals surface area contributed by atoms with Gasteiger partial charge in [-0.1, -0.05) is 35.6 Å². The van der Waals surface area contributed by atoms with Crippen LogP contribution in [0.5, 0.6) is 5.75 Å². The zero-order valence-corrected chi connectivity index (χ0v) is 16.1. The zero-order chi connectivity index (χ0) is 18.3. The number of aryl methyl sites for hydroxylation is 1. The zero-order valence-electron chi connectivity index (χ0n) is 14.5. The number of anilines is 1. The second-order valence-electron chi connectivity index (χ2n) is 6.00. The third-order valence-corrected chi connectivity index (χ3v) is 5.88. The lowest BCUT2D eigenvalue weighted by atomic mass is 10.2. The first-order valence-electron chi connectivity index (χ1n) is 8.12. The number of para-hydroxylation sites is 2. The van der Waals surface area contributed by atoms with Crippen LogP contribution in [0.2, 0.25) is 0 Å². The van der Waals surface area contributed by atoms with Gasteiger partial charge in [0.05, 0.1) is 24.7 Å². The molecule has 0 aliphatic heterocycles. The van der Waals surface area contributed by atoms with Crippen LogP contribution in [0.3, 0.4) is 0 Å². The van der Waals surface area contributed by atoms with Crippen molar-refractivity contribution in [2.24, 2.45) is 7.05 Å². The summed E-state index contributed by atoms with van der Waals surface area (Å²) in [7, 11) is 3.66. The van der Waals surface area contributed by atoms with Crippen LogP contribution in [-0.2, 0) is 13.6 Å². The number of imidazole rings is 1. The molecule has 0 saturated carbocycles. The number of nitrogen functional groups attached to an aromatic ring is 1. The maximum atomic E-state index is 6.46. The number of aromatic nitrogens is 3. The molecule has 2 aromatic carbocycles. The average Bonchev–Trinajstić information content (AvgIpc) is 3.14. The Morgan fingerprint density at radius 2 is 1.88 bits per heavy atom. The van der Waals surface area contributed by atoms with E-state index in [0.717, 1.165) is 37.0 Å². The largest absolute Gasteiger partial charge is 0.497 e. The molecular formula is C19H18N4OS2. The van der Waals surface area contributed by atoms with E-state index in [0.29, 0.717) is 12.4 Å². The van der Waals surface area contributed by atoms with E-state index in [1.807, 2.05) is 54.1 Å². The highest BCUT2D eigenvalue weighted by Gasteiger charge is 2.18. The Morgan fingerprint density at radius 3 is 2.58 bits per heavy atom. The van der Waals surface area contributed by atoms with Crippen molar-refractivity contribution >= 4 is 40.4 Å². The number of nitrogens with two attached hydrogens (primary N) is 1. The van der Waals surface area contributed by atoms with Gasteiger partial charge in [0.1, 0.15) is 16.4 Å². The van der Waals surface area contributed by atoms with E-state index in [1.165, 1.54) is 11.3 Å². The number of nitrogens with zero attached hydrogens (tertiary/aromatic N) is 3. The lowest BCUT2D eigenvalue weighted by molar-refractivity contribution is 0.414. The van der Waals surface area contributed by atoms with E-state index in [1.54, 1.807) is 7.11 Å². The van der Waals surface area contributed by atoms with Gasteiger partial charge in [0.25, 0.3) is 0 Å². The third-order valence-electron chi connectivity index (χ3n) is 4.42. The lowest BCUT2D eigenvalue weighted by Crippen LogP contribution is -2.05. The number of methoxy groups -OCH3 is 1. The summed E-state index contributed by atoms with van der Waals surface area (Å²) < 4.78 is 9.96. The fourth-order valence-corrected chi connectivity index (χ4v) is 4.34. The monoisotopic (exact) mass is 382 g/mol. The smallest absolute Gasteiger partial charge is 0.163 e. The molecule has 0 spiro atoms. The van der Waals surface area contributed by atoms with Crippen LogP contribution >= 0.6 is 23.6 Å². The van der Waals surface area contributed by atoms with Gasteiger partial charge in [0.15, 0.2) is 9.78 Å². The highest BCUT2D eigenvalue weighted by atomic mass is 32.1. The Balaban J connectivity index is 1.76. The molecule has 0 bridgehead atoms. The number of hydrogen-bond acceptors (Lipinski definition) is 5. The first-order chi connectivity index (χ1) is 12.6. The van der Waals surface area contributed by atoms with Gasteiger partial charge in [-0.2, -0.15) is 0 Å².